The molecule has 0 aliphatic carbocycles. The van der Waals surface area contributed by atoms with Gasteiger partial charge in [0.1, 0.15) is 0 Å². The van der Waals surface area contributed by atoms with E-state index < -0.39 is 5.91 Å². The number of nitrogens with zero attached hydrogens (tertiary/aromatic N) is 1. The van der Waals surface area contributed by atoms with Gasteiger partial charge in [0.25, 0.3) is 5.91 Å². The molecule has 2 rings (SSSR count). The van der Waals surface area contributed by atoms with Crippen molar-refractivity contribution in [2.24, 2.45) is 5.73 Å². The highest BCUT2D eigenvalue weighted by atomic mass is 32.1. The smallest absolute Gasteiger partial charge is 0.261 e. The van der Waals surface area contributed by atoms with Crippen LogP contribution >= 0.6 is 11.3 Å². The number of primary amides is 1. The van der Waals surface area contributed by atoms with E-state index in [1.165, 1.54) is 11.3 Å². The van der Waals surface area contributed by atoms with Crippen molar-refractivity contribution in [1.82, 2.24) is 10.2 Å². The van der Waals surface area contributed by atoms with Gasteiger partial charge in [-0.25, -0.2) is 0 Å². The summed E-state index contributed by atoms with van der Waals surface area (Å²) in [4.78, 5) is 37.6. The third-order valence-corrected chi connectivity index (χ3v) is 4.44. The molecule has 0 aliphatic rings. The lowest BCUT2D eigenvalue weighted by molar-refractivity contribution is -0.132. The van der Waals surface area contributed by atoms with Gasteiger partial charge in [-0.05, 0) is 17.0 Å². The molecule has 0 saturated heterocycles. The van der Waals surface area contributed by atoms with E-state index in [0.717, 1.165) is 5.56 Å². The third kappa shape index (κ3) is 6.39. The Balaban J connectivity index is 1.87. The number of benzene rings is 1. The molecule has 132 valence electrons. The zero-order valence-electron chi connectivity index (χ0n) is 13.8. The summed E-state index contributed by atoms with van der Waals surface area (Å²) < 4.78 is 0. The SMILES string of the molecule is NC(=O)CCN(Cc1ccccc1)C(=O)CCNC(=O)c1cccs1. The number of nitrogens with two attached hydrogens (primary N) is 1. The molecule has 1 aromatic heterocycles. The summed E-state index contributed by atoms with van der Waals surface area (Å²) in [5, 5.41) is 4.56. The molecule has 25 heavy (non-hydrogen) atoms. The number of nitrogens with one attached hydrogen (secondary N) is 1. The lowest BCUT2D eigenvalue weighted by Crippen LogP contribution is -2.36. The quantitative estimate of drug-likeness (QED) is 0.715. The van der Waals surface area contributed by atoms with Crippen LogP contribution in [0.3, 0.4) is 0 Å². The van der Waals surface area contributed by atoms with Crippen molar-refractivity contribution in [3.8, 4) is 0 Å². The van der Waals surface area contributed by atoms with Crippen LogP contribution in [-0.2, 0) is 16.1 Å². The second-order valence-corrected chi connectivity index (χ2v) is 6.45. The van der Waals surface area contributed by atoms with Gasteiger partial charge in [0.2, 0.25) is 11.8 Å². The normalized spacial score (nSPS) is 10.2. The van der Waals surface area contributed by atoms with Crippen LogP contribution in [0.1, 0.15) is 28.1 Å². The fourth-order valence-electron chi connectivity index (χ4n) is 2.28. The van der Waals surface area contributed by atoms with Crippen molar-refractivity contribution in [2.45, 2.75) is 19.4 Å². The van der Waals surface area contributed by atoms with Crippen molar-refractivity contribution in [1.29, 1.82) is 0 Å². The molecule has 2 aromatic rings. The number of rotatable bonds is 9. The topological polar surface area (TPSA) is 92.5 Å². The lowest BCUT2D eigenvalue weighted by atomic mass is 10.2. The van der Waals surface area contributed by atoms with Gasteiger partial charge in [0, 0.05) is 32.5 Å². The Labute approximate surface area is 150 Å². The molecule has 0 aliphatic heterocycles. The minimum Gasteiger partial charge on any atom is -0.370 e. The number of hydrogen-bond donors (Lipinski definition) is 2. The van der Waals surface area contributed by atoms with E-state index in [-0.39, 0.29) is 37.7 Å². The average Bonchev–Trinajstić information content (AvgIpc) is 3.13. The van der Waals surface area contributed by atoms with Crippen LogP contribution in [0.4, 0.5) is 0 Å². The second-order valence-electron chi connectivity index (χ2n) is 5.50. The molecule has 0 unspecified atom stereocenters. The lowest BCUT2D eigenvalue weighted by Gasteiger charge is -2.22. The van der Waals surface area contributed by atoms with Gasteiger partial charge in [0.15, 0.2) is 0 Å². The Bertz CT molecular complexity index is 702. The fraction of sp³-hybridized carbons (Fsp3) is 0.278. The van der Waals surface area contributed by atoms with Crippen LogP contribution < -0.4 is 11.1 Å². The van der Waals surface area contributed by atoms with E-state index in [0.29, 0.717) is 11.4 Å². The largest absolute Gasteiger partial charge is 0.370 e. The molecule has 1 heterocycles. The Kier molecular flexibility index (Phi) is 7.16. The highest BCUT2D eigenvalue weighted by Gasteiger charge is 2.15. The van der Waals surface area contributed by atoms with E-state index in [9.17, 15) is 14.4 Å². The first-order valence-corrected chi connectivity index (χ1v) is 8.86. The van der Waals surface area contributed by atoms with Crippen LogP contribution in [0.2, 0.25) is 0 Å². The van der Waals surface area contributed by atoms with Crippen LogP contribution in [0, 0.1) is 0 Å². The van der Waals surface area contributed by atoms with Crippen LogP contribution in [0.15, 0.2) is 47.8 Å². The highest BCUT2D eigenvalue weighted by molar-refractivity contribution is 7.12. The first-order valence-electron chi connectivity index (χ1n) is 7.98. The summed E-state index contributed by atoms with van der Waals surface area (Å²) in [6.07, 6.45) is 0.281. The number of hydrogen-bond acceptors (Lipinski definition) is 4. The molecule has 3 amide bonds. The molecule has 0 saturated carbocycles. The summed E-state index contributed by atoms with van der Waals surface area (Å²) in [5.41, 5.74) is 6.17. The Morgan fingerprint density at radius 2 is 1.80 bits per heavy atom. The summed E-state index contributed by atoms with van der Waals surface area (Å²) in [7, 11) is 0. The Hall–Kier alpha value is -2.67. The predicted octanol–water partition coefficient (Wildman–Crippen LogP) is 1.77. The Morgan fingerprint density at radius 3 is 2.44 bits per heavy atom. The van der Waals surface area contributed by atoms with Crippen molar-refractivity contribution >= 4 is 29.1 Å². The summed E-state index contributed by atoms with van der Waals surface area (Å²) in [6.45, 7) is 0.922. The van der Waals surface area contributed by atoms with Crippen molar-refractivity contribution in [3.05, 3.63) is 58.3 Å². The molecule has 0 spiro atoms. The van der Waals surface area contributed by atoms with Crippen molar-refractivity contribution < 1.29 is 14.4 Å². The van der Waals surface area contributed by atoms with Crippen molar-refractivity contribution in [3.63, 3.8) is 0 Å². The molecule has 0 fully saturated rings. The van der Waals surface area contributed by atoms with E-state index in [1.807, 2.05) is 35.7 Å². The van der Waals surface area contributed by atoms with Crippen LogP contribution in [-0.4, -0.2) is 35.7 Å². The molecule has 0 atom stereocenters. The Morgan fingerprint density at radius 1 is 1.04 bits per heavy atom. The fourth-order valence-corrected chi connectivity index (χ4v) is 2.92. The second kappa shape index (κ2) is 9.58. The zero-order valence-corrected chi connectivity index (χ0v) is 14.6. The molecule has 6 nitrogen and oxygen atoms in total. The maximum Gasteiger partial charge on any atom is 0.261 e. The van der Waals surface area contributed by atoms with Gasteiger partial charge in [0.05, 0.1) is 4.88 Å². The van der Waals surface area contributed by atoms with E-state index in [4.69, 9.17) is 5.73 Å². The summed E-state index contributed by atoms with van der Waals surface area (Å²) in [5.74, 6) is -0.761. The number of carbonyl (C=O) groups is 3. The molecular formula is C18H21N3O3S. The zero-order chi connectivity index (χ0) is 18.1. The van der Waals surface area contributed by atoms with E-state index in [1.54, 1.807) is 17.0 Å². The van der Waals surface area contributed by atoms with Crippen LogP contribution in [0.25, 0.3) is 0 Å². The number of carbonyl (C=O) groups excluding carboxylic acids is 3. The first-order chi connectivity index (χ1) is 12.1. The maximum absolute atomic E-state index is 12.5. The average molecular weight is 359 g/mol. The monoisotopic (exact) mass is 359 g/mol. The van der Waals surface area contributed by atoms with Gasteiger partial charge in [-0.1, -0.05) is 36.4 Å². The minimum atomic E-state index is -0.447. The third-order valence-electron chi connectivity index (χ3n) is 3.57. The molecule has 0 radical (unpaired) electrons. The number of thiophene rings is 1. The standard InChI is InChI=1S/C18H21N3O3S/c19-16(22)9-11-21(13-14-5-2-1-3-6-14)17(23)8-10-20-18(24)15-7-4-12-25-15/h1-7,12H,8-11,13H2,(H2,19,22)(H,20,24). The molecular weight excluding hydrogens is 338 g/mol. The van der Waals surface area contributed by atoms with Crippen molar-refractivity contribution in [2.75, 3.05) is 13.1 Å². The molecule has 0 bridgehead atoms. The van der Waals surface area contributed by atoms with Gasteiger partial charge < -0.3 is 16.0 Å². The first kappa shape index (κ1) is 18.7. The maximum atomic E-state index is 12.5. The molecule has 7 heteroatoms. The van der Waals surface area contributed by atoms with Crippen LogP contribution in [0.5, 0.6) is 0 Å². The molecule has 1 aromatic carbocycles. The van der Waals surface area contributed by atoms with Gasteiger partial charge in [-0.3, -0.25) is 14.4 Å². The predicted molar refractivity (Wildman–Crippen MR) is 96.9 cm³/mol. The number of amides is 3. The van der Waals surface area contributed by atoms with E-state index in [2.05, 4.69) is 5.32 Å². The highest BCUT2D eigenvalue weighted by Crippen LogP contribution is 2.09. The summed E-state index contributed by atoms with van der Waals surface area (Å²) >= 11 is 1.35. The van der Waals surface area contributed by atoms with Gasteiger partial charge in [-0.2, -0.15) is 0 Å². The minimum absolute atomic E-state index is 0.111. The van der Waals surface area contributed by atoms with Gasteiger partial charge in [-0.15, -0.1) is 11.3 Å². The molecule has 3 N–H and O–H groups in total. The summed E-state index contributed by atoms with van der Waals surface area (Å²) in [6, 6.07) is 13.1. The van der Waals surface area contributed by atoms with Gasteiger partial charge >= 0.3 is 0 Å². The van der Waals surface area contributed by atoms with E-state index >= 15 is 0 Å².